The van der Waals surface area contributed by atoms with Gasteiger partial charge in [0.15, 0.2) is 11.5 Å². The van der Waals surface area contributed by atoms with E-state index in [-0.39, 0.29) is 0 Å². The molecule has 3 rings (SSSR count). The molecule has 3 aromatic rings. The number of halogens is 1. The minimum atomic E-state index is 0.464. The summed E-state index contributed by atoms with van der Waals surface area (Å²) in [5.74, 6) is 2.42. The van der Waals surface area contributed by atoms with Crippen molar-refractivity contribution in [3.63, 3.8) is 0 Å². The molecule has 6 nitrogen and oxygen atoms in total. The molecule has 0 fully saturated rings. The second kappa shape index (κ2) is 7.72. The molecule has 0 unspecified atom stereocenters. The highest BCUT2D eigenvalue weighted by molar-refractivity contribution is 6.30. The zero-order chi connectivity index (χ0) is 17.6. The highest BCUT2D eigenvalue weighted by atomic mass is 35.5. The third-order valence-electron chi connectivity index (χ3n) is 3.41. The standard InChI is InChI=1S/C18H17ClN4O2/c1-24-15-8-7-14(11-16(15)25-2)22-18-20-10-9-17(23-18)21-13-5-3-12(19)4-6-13/h3-11H,1-2H3,(H2,20,21,22,23). The van der Waals surface area contributed by atoms with Gasteiger partial charge in [0.05, 0.1) is 14.2 Å². The van der Waals surface area contributed by atoms with Crippen molar-refractivity contribution in [1.82, 2.24) is 9.97 Å². The maximum atomic E-state index is 5.89. The molecule has 1 heterocycles. The van der Waals surface area contributed by atoms with Crippen molar-refractivity contribution in [2.24, 2.45) is 0 Å². The number of hydrogen-bond donors (Lipinski definition) is 2. The number of aromatic nitrogens is 2. The lowest BCUT2D eigenvalue weighted by atomic mass is 10.3. The molecule has 0 bridgehead atoms. The van der Waals surface area contributed by atoms with Crippen LogP contribution in [-0.2, 0) is 0 Å². The fraction of sp³-hybridized carbons (Fsp3) is 0.111. The Labute approximate surface area is 150 Å². The molecule has 25 heavy (non-hydrogen) atoms. The molecular formula is C18H17ClN4O2. The minimum absolute atomic E-state index is 0.464. The zero-order valence-electron chi connectivity index (χ0n) is 13.8. The van der Waals surface area contributed by atoms with E-state index in [2.05, 4.69) is 20.6 Å². The van der Waals surface area contributed by atoms with Crippen molar-refractivity contribution in [3.05, 3.63) is 59.8 Å². The van der Waals surface area contributed by atoms with Crippen LogP contribution in [0.5, 0.6) is 11.5 Å². The fourth-order valence-electron chi connectivity index (χ4n) is 2.21. The van der Waals surface area contributed by atoms with Crippen molar-refractivity contribution in [2.75, 3.05) is 24.9 Å². The van der Waals surface area contributed by atoms with E-state index >= 15 is 0 Å². The number of hydrogen-bond acceptors (Lipinski definition) is 6. The van der Waals surface area contributed by atoms with Crippen molar-refractivity contribution in [3.8, 4) is 11.5 Å². The summed E-state index contributed by atoms with van der Waals surface area (Å²) in [6, 6.07) is 14.7. The van der Waals surface area contributed by atoms with E-state index in [9.17, 15) is 0 Å². The van der Waals surface area contributed by atoms with Crippen LogP contribution in [0.3, 0.4) is 0 Å². The summed E-state index contributed by atoms with van der Waals surface area (Å²) >= 11 is 5.89. The average molecular weight is 357 g/mol. The average Bonchev–Trinajstić information content (AvgIpc) is 2.64. The Morgan fingerprint density at radius 3 is 2.28 bits per heavy atom. The lowest BCUT2D eigenvalue weighted by Gasteiger charge is -2.11. The van der Waals surface area contributed by atoms with Crippen LogP contribution in [-0.4, -0.2) is 24.2 Å². The monoisotopic (exact) mass is 356 g/mol. The smallest absolute Gasteiger partial charge is 0.229 e. The molecule has 0 radical (unpaired) electrons. The first-order chi connectivity index (χ1) is 12.2. The normalized spacial score (nSPS) is 10.2. The van der Waals surface area contributed by atoms with Crippen LogP contribution in [0.1, 0.15) is 0 Å². The first-order valence-electron chi connectivity index (χ1n) is 7.52. The minimum Gasteiger partial charge on any atom is -0.493 e. The number of ether oxygens (including phenoxy) is 2. The Bertz CT molecular complexity index is 856. The van der Waals surface area contributed by atoms with Gasteiger partial charge in [0.2, 0.25) is 5.95 Å². The predicted molar refractivity (Wildman–Crippen MR) is 99.6 cm³/mol. The second-order valence-corrected chi connectivity index (χ2v) is 5.53. The molecule has 0 aliphatic carbocycles. The Morgan fingerprint density at radius 1 is 0.840 bits per heavy atom. The molecule has 0 amide bonds. The molecular weight excluding hydrogens is 340 g/mol. The lowest BCUT2D eigenvalue weighted by molar-refractivity contribution is 0.355. The van der Waals surface area contributed by atoms with Crippen LogP contribution in [0.4, 0.5) is 23.1 Å². The topological polar surface area (TPSA) is 68.3 Å². The summed E-state index contributed by atoms with van der Waals surface area (Å²) in [5.41, 5.74) is 1.68. The Balaban J connectivity index is 1.76. The summed E-state index contributed by atoms with van der Waals surface area (Å²) in [6.45, 7) is 0. The van der Waals surface area contributed by atoms with Crippen molar-refractivity contribution in [1.29, 1.82) is 0 Å². The van der Waals surface area contributed by atoms with E-state index in [4.69, 9.17) is 21.1 Å². The number of rotatable bonds is 6. The Morgan fingerprint density at radius 2 is 1.56 bits per heavy atom. The number of nitrogens with zero attached hydrogens (tertiary/aromatic N) is 2. The molecule has 0 spiro atoms. The second-order valence-electron chi connectivity index (χ2n) is 5.09. The number of benzene rings is 2. The van der Waals surface area contributed by atoms with Crippen LogP contribution < -0.4 is 20.1 Å². The molecule has 0 aliphatic heterocycles. The molecule has 7 heteroatoms. The van der Waals surface area contributed by atoms with Gasteiger partial charge in [0.25, 0.3) is 0 Å². The molecule has 0 saturated carbocycles. The van der Waals surface area contributed by atoms with Gasteiger partial charge < -0.3 is 20.1 Å². The van der Waals surface area contributed by atoms with Crippen LogP contribution in [0.15, 0.2) is 54.7 Å². The maximum Gasteiger partial charge on any atom is 0.229 e. The van der Waals surface area contributed by atoms with Gasteiger partial charge >= 0.3 is 0 Å². The fourth-order valence-corrected chi connectivity index (χ4v) is 2.34. The van der Waals surface area contributed by atoms with Gasteiger partial charge in [-0.1, -0.05) is 11.6 Å². The van der Waals surface area contributed by atoms with Crippen LogP contribution in [0, 0.1) is 0 Å². The molecule has 128 valence electrons. The highest BCUT2D eigenvalue weighted by Gasteiger charge is 2.06. The molecule has 2 N–H and O–H groups in total. The van der Waals surface area contributed by atoms with Crippen molar-refractivity contribution in [2.45, 2.75) is 0 Å². The third-order valence-corrected chi connectivity index (χ3v) is 3.66. The van der Waals surface area contributed by atoms with Gasteiger partial charge in [-0.2, -0.15) is 4.98 Å². The highest BCUT2D eigenvalue weighted by Crippen LogP contribution is 2.30. The lowest BCUT2D eigenvalue weighted by Crippen LogP contribution is -2.01. The molecule has 1 aromatic heterocycles. The van der Waals surface area contributed by atoms with Crippen LogP contribution in [0.25, 0.3) is 0 Å². The van der Waals surface area contributed by atoms with E-state index in [0.29, 0.717) is 28.3 Å². The first-order valence-corrected chi connectivity index (χ1v) is 7.90. The van der Waals surface area contributed by atoms with Gasteiger partial charge in [0, 0.05) is 28.7 Å². The SMILES string of the molecule is COc1ccc(Nc2nccc(Nc3ccc(Cl)cc3)n2)cc1OC. The number of anilines is 4. The van der Waals surface area contributed by atoms with Crippen molar-refractivity contribution < 1.29 is 9.47 Å². The predicted octanol–water partition coefficient (Wildman–Crippen LogP) is 4.63. The number of methoxy groups -OCH3 is 2. The molecule has 2 aromatic carbocycles. The maximum absolute atomic E-state index is 5.89. The third kappa shape index (κ3) is 4.30. The van der Waals surface area contributed by atoms with E-state index in [1.165, 1.54) is 0 Å². The van der Waals surface area contributed by atoms with E-state index < -0.39 is 0 Å². The molecule has 0 atom stereocenters. The Hall–Kier alpha value is -2.99. The zero-order valence-corrected chi connectivity index (χ0v) is 14.5. The molecule has 0 saturated heterocycles. The van der Waals surface area contributed by atoms with E-state index in [1.807, 2.05) is 42.5 Å². The van der Waals surface area contributed by atoms with E-state index in [1.54, 1.807) is 26.5 Å². The van der Waals surface area contributed by atoms with Gasteiger partial charge in [0.1, 0.15) is 5.82 Å². The summed E-state index contributed by atoms with van der Waals surface area (Å²) in [7, 11) is 3.19. The van der Waals surface area contributed by atoms with Gasteiger partial charge in [-0.25, -0.2) is 4.98 Å². The quantitative estimate of drug-likeness (QED) is 0.671. The van der Waals surface area contributed by atoms with Crippen molar-refractivity contribution >= 4 is 34.7 Å². The van der Waals surface area contributed by atoms with Gasteiger partial charge in [-0.3, -0.25) is 0 Å². The van der Waals surface area contributed by atoms with Crippen LogP contribution in [0.2, 0.25) is 5.02 Å². The van der Waals surface area contributed by atoms with Gasteiger partial charge in [-0.15, -0.1) is 0 Å². The molecule has 0 aliphatic rings. The largest absolute Gasteiger partial charge is 0.493 e. The first kappa shape index (κ1) is 16.9. The van der Waals surface area contributed by atoms with Gasteiger partial charge in [-0.05, 0) is 42.5 Å². The Kier molecular flexibility index (Phi) is 5.20. The summed E-state index contributed by atoms with van der Waals surface area (Å²) in [6.07, 6.45) is 1.67. The van der Waals surface area contributed by atoms with Crippen LogP contribution >= 0.6 is 11.6 Å². The van der Waals surface area contributed by atoms with E-state index in [0.717, 1.165) is 11.4 Å². The summed E-state index contributed by atoms with van der Waals surface area (Å²) < 4.78 is 10.5. The summed E-state index contributed by atoms with van der Waals surface area (Å²) in [4.78, 5) is 8.68. The number of nitrogens with one attached hydrogen (secondary N) is 2. The summed E-state index contributed by atoms with van der Waals surface area (Å²) in [5, 5.41) is 7.03.